The molecule has 0 spiro atoms. The first-order valence-electron chi connectivity index (χ1n) is 7.72. The number of hydrogen-bond donors (Lipinski definition) is 1. The average molecular weight is 355 g/mol. The highest BCUT2D eigenvalue weighted by Crippen LogP contribution is 2.20. The monoisotopic (exact) mass is 355 g/mol. The normalized spacial score (nSPS) is 10.3. The summed E-state index contributed by atoms with van der Waals surface area (Å²) in [5.74, 6) is 0. The fourth-order valence-electron chi connectivity index (χ4n) is 2.47. The van der Waals surface area contributed by atoms with Gasteiger partial charge < -0.3 is 4.42 Å². The van der Waals surface area contributed by atoms with Crippen molar-refractivity contribution in [1.82, 2.24) is 15.0 Å². The van der Waals surface area contributed by atoms with Gasteiger partial charge in [0.15, 0.2) is 5.69 Å². The van der Waals surface area contributed by atoms with E-state index in [9.17, 15) is 4.79 Å². The van der Waals surface area contributed by atoms with Crippen LogP contribution >= 0.6 is 0 Å². The zero-order chi connectivity index (χ0) is 18.8. The number of fused-ring (bicyclic) bond motifs is 2. The summed E-state index contributed by atoms with van der Waals surface area (Å²) in [6.45, 7) is 0. The molecule has 0 aliphatic heterocycles. The Bertz CT molecular complexity index is 1300. The molecule has 0 fully saturated rings. The zero-order valence-corrected chi connectivity index (χ0v) is 13.6. The zero-order valence-electron chi connectivity index (χ0n) is 13.6. The Labute approximate surface area is 151 Å². The Kier molecular flexibility index (Phi) is 3.81. The molecule has 0 amide bonds. The van der Waals surface area contributed by atoms with Gasteiger partial charge in [-0.15, -0.1) is 15.0 Å². The third-order valence-electron chi connectivity index (χ3n) is 3.73. The van der Waals surface area contributed by atoms with Gasteiger partial charge in [0.05, 0.1) is 5.69 Å². The number of nitrogens with zero attached hydrogens (tertiary/aromatic N) is 6. The minimum Gasteiger partial charge on any atom is -0.421 e. The lowest BCUT2D eigenvalue weighted by molar-refractivity contribution is 0.546. The lowest BCUT2D eigenvalue weighted by Crippen LogP contribution is -2.12. The molecule has 128 valence electrons. The van der Waals surface area contributed by atoms with Crippen LogP contribution in [0.4, 0.5) is 5.69 Å². The topological polar surface area (TPSA) is 133 Å². The number of hydrogen-bond acceptors (Lipinski definition) is 8. The first kappa shape index (κ1) is 16.0. The van der Waals surface area contributed by atoms with Crippen molar-refractivity contribution in [3.8, 4) is 17.8 Å². The highest BCUT2D eigenvalue weighted by atomic mass is 16.4. The second-order valence-corrected chi connectivity index (χ2v) is 5.45. The summed E-state index contributed by atoms with van der Waals surface area (Å²) in [5.41, 5.74) is 3.96. The van der Waals surface area contributed by atoms with E-state index in [0.29, 0.717) is 27.7 Å². The number of nitrogens with one attached hydrogen (secondary N) is 1. The maximum Gasteiger partial charge on any atom is 0.364 e. The van der Waals surface area contributed by atoms with E-state index < -0.39 is 5.63 Å². The van der Waals surface area contributed by atoms with Crippen molar-refractivity contribution >= 4 is 33.4 Å². The van der Waals surface area contributed by atoms with Crippen molar-refractivity contribution in [3.63, 3.8) is 0 Å². The smallest absolute Gasteiger partial charge is 0.364 e. The summed E-state index contributed by atoms with van der Waals surface area (Å²) in [5, 5.41) is 30.3. The van der Waals surface area contributed by atoms with Crippen LogP contribution < -0.4 is 11.1 Å². The van der Waals surface area contributed by atoms with E-state index in [1.807, 2.05) is 12.1 Å². The fourth-order valence-corrected chi connectivity index (χ4v) is 2.47. The molecule has 0 saturated carbocycles. The molecule has 27 heavy (non-hydrogen) atoms. The molecule has 4 aromatic rings. The largest absolute Gasteiger partial charge is 0.421 e. The minimum atomic E-state index is -0.599. The third kappa shape index (κ3) is 2.97. The fraction of sp³-hybridized carbons (Fsp3) is 0. The molecule has 9 heteroatoms. The Morgan fingerprint density at radius 2 is 1.78 bits per heavy atom. The molecule has 0 saturated heterocycles. The van der Waals surface area contributed by atoms with Gasteiger partial charge in [-0.1, -0.05) is 12.1 Å². The Balaban J connectivity index is 1.75. The van der Waals surface area contributed by atoms with E-state index in [0.717, 1.165) is 0 Å². The van der Waals surface area contributed by atoms with E-state index >= 15 is 0 Å². The van der Waals surface area contributed by atoms with E-state index in [-0.39, 0.29) is 11.4 Å². The van der Waals surface area contributed by atoms with Crippen molar-refractivity contribution in [2.75, 3.05) is 5.43 Å². The molecule has 2 aromatic heterocycles. The summed E-state index contributed by atoms with van der Waals surface area (Å²) in [4.78, 5) is 13.6. The van der Waals surface area contributed by atoms with Crippen molar-refractivity contribution in [1.29, 1.82) is 10.5 Å². The van der Waals surface area contributed by atoms with Crippen LogP contribution in [0.15, 0.2) is 62.8 Å². The van der Waals surface area contributed by atoms with Crippen molar-refractivity contribution in [2.24, 2.45) is 5.10 Å². The lowest BCUT2D eigenvalue weighted by atomic mass is 10.2. The average Bonchev–Trinajstić information content (AvgIpc) is 3.12. The van der Waals surface area contributed by atoms with Crippen LogP contribution in [0, 0.1) is 22.7 Å². The SMILES string of the molecule is N#CC(C#N)=NNc1ccc2cc(-n3nc4ccccc4n3)c(=O)oc2c1. The second kappa shape index (κ2) is 6.43. The number of benzene rings is 2. The quantitative estimate of drug-likeness (QED) is 0.339. The molecule has 0 aliphatic carbocycles. The third-order valence-corrected chi connectivity index (χ3v) is 3.73. The minimum absolute atomic E-state index is 0.189. The molecular weight excluding hydrogens is 346 g/mol. The van der Waals surface area contributed by atoms with Gasteiger partial charge in [0.2, 0.25) is 5.71 Å². The predicted octanol–water partition coefficient (Wildman–Crippen LogP) is 2.34. The molecule has 0 aliphatic rings. The van der Waals surface area contributed by atoms with Gasteiger partial charge in [-0.05, 0) is 30.3 Å². The van der Waals surface area contributed by atoms with Crippen LogP contribution in [-0.2, 0) is 0 Å². The molecule has 0 radical (unpaired) electrons. The van der Waals surface area contributed by atoms with Crippen LogP contribution in [0.3, 0.4) is 0 Å². The number of aromatic nitrogens is 3. The van der Waals surface area contributed by atoms with Gasteiger partial charge in [-0.3, -0.25) is 5.43 Å². The number of nitriles is 2. The van der Waals surface area contributed by atoms with Gasteiger partial charge in [-0.25, -0.2) is 4.79 Å². The highest BCUT2D eigenvalue weighted by Gasteiger charge is 2.11. The molecular formula is C18H9N7O2. The Morgan fingerprint density at radius 1 is 1.07 bits per heavy atom. The van der Waals surface area contributed by atoms with Crippen LogP contribution in [0.2, 0.25) is 0 Å². The van der Waals surface area contributed by atoms with E-state index in [4.69, 9.17) is 14.9 Å². The molecule has 2 aromatic carbocycles. The van der Waals surface area contributed by atoms with Crippen LogP contribution in [0.1, 0.15) is 0 Å². The lowest BCUT2D eigenvalue weighted by Gasteiger charge is -2.04. The number of anilines is 1. The molecule has 0 bridgehead atoms. The maximum atomic E-state index is 12.4. The summed E-state index contributed by atoms with van der Waals surface area (Å²) < 4.78 is 5.37. The Morgan fingerprint density at radius 3 is 2.44 bits per heavy atom. The predicted molar refractivity (Wildman–Crippen MR) is 97.2 cm³/mol. The molecule has 9 nitrogen and oxygen atoms in total. The summed E-state index contributed by atoms with van der Waals surface area (Å²) in [7, 11) is 0. The van der Waals surface area contributed by atoms with E-state index in [1.165, 1.54) is 4.80 Å². The summed E-state index contributed by atoms with van der Waals surface area (Å²) >= 11 is 0. The summed E-state index contributed by atoms with van der Waals surface area (Å²) in [6, 6.07) is 17.1. The molecule has 2 heterocycles. The van der Waals surface area contributed by atoms with E-state index in [1.54, 1.807) is 48.5 Å². The Hall–Kier alpha value is -4.50. The molecule has 4 rings (SSSR count). The second-order valence-electron chi connectivity index (χ2n) is 5.45. The molecule has 1 N–H and O–H groups in total. The van der Waals surface area contributed by atoms with Crippen molar-refractivity contribution in [2.45, 2.75) is 0 Å². The standard InChI is InChI=1S/C18H9N7O2/c19-9-13(10-20)22-21-12-6-5-11-7-16(18(26)27-17(11)8-12)25-23-14-3-1-2-4-15(14)24-25/h1-8,21H. The van der Waals surface area contributed by atoms with Gasteiger partial charge in [0, 0.05) is 11.5 Å². The van der Waals surface area contributed by atoms with Gasteiger partial charge in [-0.2, -0.15) is 15.6 Å². The van der Waals surface area contributed by atoms with Crippen molar-refractivity contribution in [3.05, 3.63) is 59.0 Å². The number of rotatable bonds is 3. The maximum absolute atomic E-state index is 12.4. The van der Waals surface area contributed by atoms with Crippen LogP contribution in [0.5, 0.6) is 0 Å². The first-order chi connectivity index (χ1) is 13.2. The van der Waals surface area contributed by atoms with Gasteiger partial charge in [0.25, 0.3) is 0 Å². The molecule has 0 unspecified atom stereocenters. The number of hydrazone groups is 1. The van der Waals surface area contributed by atoms with Crippen LogP contribution in [0.25, 0.3) is 27.7 Å². The highest BCUT2D eigenvalue weighted by molar-refractivity contribution is 6.10. The summed E-state index contributed by atoms with van der Waals surface area (Å²) in [6.07, 6.45) is 0. The first-order valence-corrected chi connectivity index (χ1v) is 7.72. The van der Waals surface area contributed by atoms with Gasteiger partial charge in [0.1, 0.15) is 28.8 Å². The van der Waals surface area contributed by atoms with Crippen LogP contribution in [-0.4, -0.2) is 20.7 Å². The van der Waals surface area contributed by atoms with E-state index in [2.05, 4.69) is 20.7 Å². The molecule has 0 atom stereocenters. The van der Waals surface area contributed by atoms with Gasteiger partial charge >= 0.3 is 5.63 Å². The van der Waals surface area contributed by atoms with Crippen molar-refractivity contribution < 1.29 is 4.42 Å².